The Hall–Kier alpha value is -2.37. The molecule has 1 aromatic heterocycles. The number of benzene rings is 1. The summed E-state index contributed by atoms with van der Waals surface area (Å²) in [7, 11) is 1.06. The Labute approximate surface area is 101 Å². The van der Waals surface area contributed by atoms with E-state index in [-0.39, 0.29) is 5.56 Å². The van der Waals surface area contributed by atoms with Crippen LogP contribution < -0.4 is 0 Å². The molecule has 0 saturated carbocycles. The fraction of sp³-hybridized carbons (Fsp3) is 0.0833. The van der Waals surface area contributed by atoms with Gasteiger partial charge in [0, 0.05) is 11.8 Å². The summed E-state index contributed by atoms with van der Waals surface area (Å²) in [5.74, 6) is -3.04. The molecule has 0 aliphatic rings. The Morgan fingerprint density at radius 2 is 1.94 bits per heavy atom. The lowest BCUT2D eigenvalue weighted by Crippen LogP contribution is -2.08. The molecule has 4 nitrogen and oxygen atoms in total. The maximum Gasteiger partial charge on any atom is 0.343 e. The first-order valence-electron chi connectivity index (χ1n) is 4.97. The fourth-order valence-electron chi connectivity index (χ4n) is 1.48. The van der Waals surface area contributed by atoms with Gasteiger partial charge in [0.05, 0.1) is 12.8 Å². The molecular formula is C12H8F2N2O2. The van der Waals surface area contributed by atoms with Crippen LogP contribution in [0.1, 0.15) is 10.4 Å². The molecule has 0 amide bonds. The summed E-state index contributed by atoms with van der Waals surface area (Å²) < 4.78 is 31.6. The first-order chi connectivity index (χ1) is 8.63. The normalized spacial score (nSPS) is 10.2. The first kappa shape index (κ1) is 12.1. The smallest absolute Gasteiger partial charge is 0.343 e. The summed E-state index contributed by atoms with van der Waals surface area (Å²) in [6.45, 7) is 0. The van der Waals surface area contributed by atoms with Crippen molar-refractivity contribution in [2.45, 2.75) is 0 Å². The van der Waals surface area contributed by atoms with Crippen molar-refractivity contribution in [3.05, 3.63) is 47.9 Å². The highest BCUT2D eigenvalue weighted by Gasteiger charge is 2.19. The minimum Gasteiger partial charge on any atom is -0.465 e. The molecule has 0 bridgehead atoms. The van der Waals surface area contributed by atoms with Crippen molar-refractivity contribution in [1.29, 1.82) is 0 Å². The third-order valence-corrected chi connectivity index (χ3v) is 2.31. The van der Waals surface area contributed by atoms with Gasteiger partial charge in [0.25, 0.3) is 0 Å². The standard InChI is InChI=1S/C12H8F2N2O2/c1-18-12(17)11-8(13)4-7(5-9(11)14)10-2-3-15-6-16-10/h2-6H,1H3. The number of aromatic nitrogens is 2. The van der Waals surface area contributed by atoms with Gasteiger partial charge in [-0.1, -0.05) is 0 Å². The number of carbonyl (C=O) groups is 1. The molecule has 6 heteroatoms. The molecule has 0 radical (unpaired) electrons. The van der Waals surface area contributed by atoms with Gasteiger partial charge < -0.3 is 4.74 Å². The first-order valence-corrected chi connectivity index (χ1v) is 4.97. The molecule has 1 heterocycles. The van der Waals surface area contributed by atoms with Crippen LogP contribution in [0.25, 0.3) is 11.3 Å². The second-order valence-corrected chi connectivity index (χ2v) is 3.40. The van der Waals surface area contributed by atoms with Crippen molar-refractivity contribution in [2.24, 2.45) is 0 Å². The van der Waals surface area contributed by atoms with E-state index in [0.29, 0.717) is 5.69 Å². The predicted molar refractivity (Wildman–Crippen MR) is 58.7 cm³/mol. The number of esters is 1. The summed E-state index contributed by atoms with van der Waals surface area (Å²) >= 11 is 0. The van der Waals surface area contributed by atoms with Crippen molar-refractivity contribution in [2.75, 3.05) is 7.11 Å². The van der Waals surface area contributed by atoms with Crippen LogP contribution in [0.2, 0.25) is 0 Å². The zero-order valence-electron chi connectivity index (χ0n) is 9.35. The number of nitrogens with zero attached hydrogens (tertiary/aromatic N) is 2. The van der Waals surface area contributed by atoms with E-state index in [1.807, 2.05) is 0 Å². The Kier molecular flexibility index (Phi) is 3.27. The minimum absolute atomic E-state index is 0.222. The molecule has 0 aliphatic heterocycles. The molecule has 0 atom stereocenters. The molecule has 0 N–H and O–H groups in total. The zero-order chi connectivity index (χ0) is 13.1. The largest absolute Gasteiger partial charge is 0.465 e. The van der Waals surface area contributed by atoms with E-state index in [4.69, 9.17) is 0 Å². The lowest BCUT2D eigenvalue weighted by molar-refractivity contribution is 0.0590. The quantitative estimate of drug-likeness (QED) is 0.767. The molecule has 18 heavy (non-hydrogen) atoms. The lowest BCUT2D eigenvalue weighted by Gasteiger charge is -2.06. The van der Waals surface area contributed by atoms with Gasteiger partial charge in [0.2, 0.25) is 0 Å². The number of methoxy groups -OCH3 is 1. The van der Waals surface area contributed by atoms with E-state index >= 15 is 0 Å². The molecule has 0 unspecified atom stereocenters. The Balaban J connectivity index is 2.53. The van der Waals surface area contributed by atoms with E-state index in [0.717, 1.165) is 19.2 Å². The van der Waals surface area contributed by atoms with Gasteiger partial charge in [-0.15, -0.1) is 0 Å². The molecule has 0 fully saturated rings. The molecule has 0 aliphatic carbocycles. The molecule has 92 valence electrons. The Morgan fingerprint density at radius 1 is 1.28 bits per heavy atom. The Morgan fingerprint density at radius 3 is 2.44 bits per heavy atom. The highest BCUT2D eigenvalue weighted by molar-refractivity contribution is 5.90. The fourth-order valence-corrected chi connectivity index (χ4v) is 1.48. The lowest BCUT2D eigenvalue weighted by atomic mass is 10.1. The second-order valence-electron chi connectivity index (χ2n) is 3.40. The Bertz CT molecular complexity index is 565. The van der Waals surface area contributed by atoms with Gasteiger partial charge in [0.15, 0.2) is 0 Å². The molecule has 0 spiro atoms. The van der Waals surface area contributed by atoms with Crippen molar-refractivity contribution in [3.63, 3.8) is 0 Å². The van der Waals surface area contributed by atoms with Gasteiger partial charge in [-0.3, -0.25) is 0 Å². The van der Waals surface area contributed by atoms with Crippen LogP contribution in [0, 0.1) is 11.6 Å². The summed E-state index contributed by atoms with van der Waals surface area (Å²) in [6.07, 6.45) is 2.71. The van der Waals surface area contributed by atoms with Gasteiger partial charge in [-0.2, -0.15) is 0 Å². The van der Waals surface area contributed by atoms with Crippen molar-refractivity contribution in [3.8, 4) is 11.3 Å². The van der Waals surface area contributed by atoms with Crippen molar-refractivity contribution >= 4 is 5.97 Å². The van der Waals surface area contributed by atoms with Gasteiger partial charge in [-0.05, 0) is 18.2 Å². The van der Waals surface area contributed by atoms with Crippen LogP contribution in [0.15, 0.2) is 30.7 Å². The van der Waals surface area contributed by atoms with Crippen molar-refractivity contribution < 1.29 is 18.3 Å². The number of rotatable bonds is 2. The maximum absolute atomic E-state index is 13.6. The van der Waals surface area contributed by atoms with Crippen LogP contribution in [0.4, 0.5) is 8.78 Å². The third kappa shape index (κ3) is 2.17. The SMILES string of the molecule is COC(=O)c1c(F)cc(-c2ccncn2)cc1F. The molecule has 2 aromatic rings. The topological polar surface area (TPSA) is 52.1 Å². The number of carbonyl (C=O) groups excluding carboxylic acids is 1. The van der Waals surface area contributed by atoms with Crippen LogP contribution in [0.5, 0.6) is 0 Å². The van der Waals surface area contributed by atoms with Gasteiger partial charge >= 0.3 is 5.97 Å². The minimum atomic E-state index is -1.06. The highest BCUT2D eigenvalue weighted by Crippen LogP contribution is 2.23. The summed E-state index contributed by atoms with van der Waals surface area (Å²) in [6, 6.07) is 3.56. The van der Waals surface area contributed by atoms with E-state index in [9.17, 15) is 13.6 Å². The maximum atomic E-state index is 13.6. The molecule has 1 aromatic carbocycles. The number of halogens is 2. The van der Waals surface area contributed by atoms with Gasteiger partial charge in [0.1, 0.15) is 23.5 Å². The third-order valence-electron chi connectivity index (χ3n) is 2.31. The molecule has 2 rings (SSSR count). The number of hydrogen-bond acceptors (Lipinski definition) is 4. The van der Waals surface area contributed by atoms with Crippen LogP contribution in [-0.2, 0) is 4.74 Å². The van der Waals surface area contributed by atoms with E-state index in [1.54, 1.807) is 0 Å². The summed E-state index contributed by atoms with van der Waals surface area (Å²) in [5, 5.41) is 0. The monoisotopic (exact) mass is 250 g/mol. The number of hydrogen-bond donors (Lipinski definition) is 0. The summed E-state index contributed by atoms with van der Waals surface area (Å²) in [4.78, 5) is 18.7. The average molecular weight is 250 g/mol. The van der Waals surface area contributed by atoms with Crippen molar-refractivity contribution in [1.82, 2.24) is 9.97 Å². The predicted octanol–water partition coefficient (Wildman–Crippen LogP) is 2.21. The van der Waals surface area contributed by atoms with E-state index < -0.39 is 23.2 Å². The molecule has 0 saturated heterocycles. The molecular weight excluding hydrogens is 242 g/mol. The van der Waals surface area contributed by atoms with Gasteiger partial charge in [-0.25, -0.2) is 23.5 Å². The zero-order valence-corrected chi connectivity index (χ0v) is 9.35. The number of ether oxygens (including phenoxy) is 1. The highest BCUT2D eigenvalue weighted by atomic mass is 19.1. The van der Waals surface area contributed by atoms with E-state index in [1.165, 1.54) is 18.6 Å². The average Bonchev–Trinajstić information content (AvgIpc) is 2.38. The van der Waals surface area contributed by atoms with Crippen LogP contribution in [-0.4, -0.2) is 23.0 Å². The summed E-state index contributed by atoms with van der Waals surface area (Å²) in [5.41, 5.74) is -0.130. The van der Waals surface area contributed by atoms with Crippen LogP contribution >= 0.6 is 0 Å². The second kappa shape index (κ2) is 4.87. The van der Waals surface area contributed by atoms with Crippen LogP contribution in [0.3, 0.4) is 0 Å². The van der Waals surface area contributed by atoms with E-state index in [2.05, 4.69) is 14.7 Å².